The van der Waals surface area contributed by atoms with E-state index in [4.69, 9.17) is 103 Å². The fourth-order valence-corrected chi connectivity index (χ4v) is 14.4. The molecule has 10 heterocycles. The molecule has 34 heteroatoms. The number of esters is 4. The molecule has 8 atom stereocenters. The number of methoxy groups -OCH3 is 2. The van der Waals surface area contributed by atoms with Crippen molar-refractivity contribution in [2.24, 2.45) is 0 Å². The van der Waals surface area contributed by atoms with Crippen molar-refractivity contribution in [2.45, 2.75) is 191 Å². The molecule has 0 radical (unpaired) electrons. The Labute approximate surface area is 624 Å². The van der Waals surface area contributed by atoms with Gasteiger partial charge in [-0.05, 0) is 142 Å². The smallest absolute Gasteiger partial charge is 0.407 e. The molecule has 0 saturated carbocycles. The number of piperazine rings is 2. The molecule has 5 amide bonds. The summed E-state index contributed by atoms with van der Waals surface area (Å²) in [6.07, 6.45) is 10.4. The van der Waals surface area contributed by atoms with Crippen LogP contribution in [0.3, 0.4) is 0 Å². The Morgan fingerprint density at radius 2 is 1.21 bits per heavy atom. The summed E-state index contributed by atoms with van der Waals surface area (Å²) in [5.41, 5.74) is 0.306. The lowest BCUT2D eigenvalue weighted by Crippen LogP contribution is -2.62. The first-order valence-corrected chi connectivity index (χ1v) is 35.1. The number of cyclic esters (lactones) is 2. The largest absolute Gasteiger partial charge is 0.481 e. The number of carboxylic acid groups (broad SMARTS) is 1. The van der Waals surface area contributed by atoms with Crippen LogP contribution >= 0.6 is 82.0 Å². The van der Waals surface area contributed by atoms with Crippen molar-refractivity contribution in [3.05, 3.63) is 84.1 Å². The number of hydrogen-bond acceptors (Lipinski definition) is 21. The van der Waals surface area contributed by atoms with Crippen molar-refractivity contribution in [3.63, 3.8) is 0 Å². The third-order valence-electron chi connectivity index (χ3n) is 19.0. The first-order valence-electron chi connectivity index (χ1n) is 32.8. The Bertz CT molecular complexity index is 3180. The van der Waals surface area contributed by atoms with Gasteiger partial charge in [-0.25, -0.2) is 19.3 Å². The lowest BCUT2D eigenvalue weighted by molar-refractivity contribution is -0.192. The monoisotopic (exact) mass is 1560 g/mol. The number of amides is 5. The number of carboxylic acids is 1. The number of carbonyl (C=O) groups excluding carboxylic acids is 11. The van der Waals surface area contributed by atoms with Gasteiger partial charge in [-0.1, -0.05) is 137 Å². The molecule has 562 valence electrons. The van der Waals surface area contributed by atoms with Gasteiger partial charge in [-0.3, -0.25) is 38.5 Å². The van der Waals surface area contributed by atoms with E-state index in [1.165, 1.54) is 24.7 Å². The van der Waals surface area contributed by atoms with E-state index in [2.05, 4.69) is 37.5 Å². The topological polar surface area (TPSA) is 336 Å². The van der Waals surface area contributed by atoms with E-state index in [1.54, 1.807) is 11.8 Å². The molecule has 10 aliphatic heterocycles. The van der Waals surface area contributed by atoms with Crippen LogP contribution in [0.2, 0.25) is 0 Å². The van der Waals surface area contributed by atoms with Crippen LogP contribution in [0.5, 0.6) is 0 Å². The molecule has 27 nitrogen and oxygen atoms in total. The minimum Gasteiger partial charge on any atom is -0.481 e. The molecule has 12 rings (SSSR count). The number of nitrogens with zero attached hydrogens (tertiary/aromatic N) is 5. The SMILES string of the molecule is C=C1CNC(=O)[C@]2(C)CCCN12.COC(=O)[C@]1(C)CCCN1.COC(=O)[C@]1(C)CCCN1C(=O)CNC(=O)OCc1ccccc1.C[C@@]12CCCN1C(=O)CNC2=O.C[C@@]12CCCN1[C@@H](C(Cl)(Cl)Cl)OC2=O.Cl.O=C(O)CCCc1ccccc1.O=C1O[C@H](C(Cl)(Cl)Cl)N2CCC[C@@H]12.O=C=O. The minimum absolute atomic E-state index is 0. The number of alkyl carbamates (subject to hydrolysis) is 1. The van der Waals surface area contributed by atoms with Crippen LogP contribution in [-0.2, 0) is 89.5 Å². The Balaban J connectivity index is 0.000000252. The number of halogens is 7. The Morgan fingerprint density at radius 1 is 0.673 bits per heavy atom. The third-order valence-corrected chi connectivity index (χ3v) is 20.1. The molecular weight excluding hydrogens is 1470 g/mol. The number of ether oxygens (including phenoxy) is 5. The zero-order valence-electron chi connectivity index (χ0n) is 57.7. The summed E-state index contributed by atoms with van der Waals surface area (Å²) in [6.45, 7) is 18.5. The number of likely N-dealkylation sites (tertiary alicyclic amines) is 1. The van der Waals surface area contributed by atoms with Crippen LogP contribution in [0, 0.1) is 0 Å². The van der Waals surface area contributed by atoms with Crippen molar-refractivity contribution < 1.29 is 86.3 Å². The number of aryl methyl sites for hydroxylation is 1. The Morgan fingerprint density at radius 3 is 1.74 bits per heavy atom. The fourth-order valence-electron chi connectivity index (χ4n) is 13.4. The van der Waals surface area contributed by atoms with Crippen molar-refractivity contribution in [2.75, 3.05) is 73.1 Å². The van der Waals surface area contributed by atoms with Crippen molar-refractivity contribution in [1.29, 1.82) is 0 Å². The second-order valence-electron chi connectivity index (χ2n) is 26.0. The molecular formula is C67H92Cl7N9O18. The van der Waals surface area contributed by atoms with Gasteiger partial charge >= 0.3 is 42.1 Å². The van der Waals surface area contributed by atoms with Gasteiger partial charge in [0.1, 0.15) is 46.9 Å². The third kappa shape index (κ3) is 23.1. The number of aliphatic carboxylic acids is 1. The maximum atomic E-state index is 12.3. The van der Waals surface area contributed by atoms with Crippen molar-refractivity contribution in [3.8, 4) is 0 Å². The second-order valence-corrected chi connectivity index (χ2v) is 30.7. The maximum Gasteiger partial charge on any atom is 0.407 e. The van der Waals surface area contributed by atoms with Crippen LogP contribution in [-0.4, -0.2) is 222 Å². The molecule has 2 aromatic rings. The predicted octanol–water partition coefficient (Wildman–Crippen LogP) is 7.48. The first-order chi connectivity index (χ1) is 47.0. The molecule has 2 aromatic carbocycles. The summed E-state index contributed by atoms with van der Waals surface area (Å²) < 4.78 is 21.4. The molecule has 0 spiro atoms. The molecule has 101 heavy (non-hydrogen) atoms. The zero-order chi connectivity index (χ0) is 74.4. The Kier molecular flexibility index (Phi) is 33.7. The van der Waals surface area contributed by atoms with E-state index in [0.717, 1.165) is 127 Å². The summed E-state index contributed by atoms with van der Waals surface area (Å²) in [5, 5.41) is 19.4. The van der Waals surface area contributed by atoms with Gasteiger partial charge in [0.15, 0.2) is 0 Å². The van der Waals surface area contributed by atoms with Gasteiger partial charge < -0.3 is 64.8 Å². The molecule has 0 unspecified atom stereocenters. The van der Waals surface area contributed by atoms with Gasteiger partial charge in [-0.2, -0.15) is 9.59 Å². The van der Waals surface area contributed by atoms with E-state index >= 15 is 0 Å². The summed E-state index contributed by atoms with van der Waals surface area (Å²) in [6, 6.07) is 19.0. The lowest BCUT2D eigenvalue weighted by Gasteiger charge is -2.41. The highest BCUT2D eigenvalue weighted by Gasteiger charge is 2.60. The van der Waals surface area contributed by atoms with Crippen molar-refractivity contribution in [1.82, 2.24) is 45.8 Å². The second kappa shape index (κ2) is 39.0. The van der Waals surface area contributed by atoms with Crippen LogP contribution < -0.4 is 21.3 Å². The molecule has 5 N–H and O–H groups in total. The number of rotatable bonds is 10. The van der Waals surface area contributed by atoms with Gasteiger partial charge in [-0.15, -0.1) is 12.4 Å². The summed E-state index contributed by atoms with van der Waals surface area (Å²) in [5.74, 6) is -1.99. The number of hydrogen-bond donors (Lipinski definition) is 5. The molecule has 10 saturated heterocycles. The van der Waals surface area contributed by atoms with Crippen LogP contribution in [0.4, 0.5) is 4.79 Å². The standard InChI is InChI=1S/C17H22N2O5.C10H12O2.C9H14N2O.C8H10Cl3NO2.C8H12N2O2.C7H8Cl3NO2.C7H13NO2.CO2.ClH/c1-17(15(21)23-2)9-6-10-19(17)14(20)11-18-16(22)24-12-13-7-4-3-5-8-13;11-10(12)8-4-7-9-5-2-1-3-6-9;1-7-6-10-8(12)9(2)4-3-5-11(7)9;1-7-3-2-4-12(7)5(8(9,10)11)14-6(7)13;1-8-3-2-4-10(8)6(11)5-9-7(8)12;8-7(9,10)6-11-3-1-2-4(11)5(12)13-6;1-7(6(9)10-2)4-3-5-8-7;2-1-3;/h3-5,7-8H,6,9-12H2,1-2H3,(H,18,22);1-3,5-6H,4,7-8H2,(H,11,12);1,3-6H2,2H3,(H,10,12);5H,2-4H2,1H3;2-5H2,1H3,(H,9,12);4,6H,1-3H2;8H,3-5H2,1-2H3;;1H/t17-;;9-;5-,7+;8-;4-,6+;7-;;/m0.01000../s1. The fraction of sp³-hybridized carbons (Fsp3) is 0.627. The van der Waals surface area contributed by atoms with Crippen molar-refractivity contribution >= 4 is 148 Å². The molecule has 0 bridgehead atoms. The maximum absolute atomic E-state index is 12.3. The summed E-state index contributed by atoms with van der Waals surface area (Å²) in [7, 11) is 2.72. The van der Waals surface area contributed by atoms with Gasteiger partial charge in [0, 0.05) is 44.8 Å². The van der Waals surface area contributed by atoms with E-state index in [0.29, 0.717) is 19.5 Å². The predicted molar refractivity (Wildman–Crippen MR) is 376 cm³/mol. The van der Waals surface area contributed by atoms with Gasteiger partial charge in [0.25, 0.3) is 0 Å². The molecule has 0 aliphatic carbocycles. The van der Waals surface area contributed by atoms with Crippen LogP contribution in [0.25, 0.3) is 0 Å². The average Bonchev–Trinajstić information content (AvgIpc) is 1.59. The van der Waals surface area contributed by atoms with E-state index < -0.39 is 60.2 Å². The zero-order valence-corrected chi connectivity index (χ0v) is 63.0. The van der Waals surface area contributed by atoms with E-state index in [9.17, 15) is 47.9 Å². The molecule has 10 aliphatic rings. The average molecular weight is 1560 g/mol. The number of benzene rings is 2. The van der Waals surface area contributed by atoms with E-state index in [1.807, 2.05) is 98.2 Å². The molecule has 0 aromatic heterocycles. The van der Waals surface area contributed by atoms with Crippen LogP contribution in [0.1, 0.15) is 136 Å². The highest BCUT2D eigenvalue weighted by Crippen LogP contribution is 2.47. The number of nitrogens with one attached hydrogen (secondary N) is 4. The number of alkyl halides is 6. The van der Waals surface area contributed by atoms with Gasteiger partial charge in [0.2, 0.25) is 43.7 Å². The minimum atomic E-state index is -1.57. The highest BCUT2D eigenvalue weighted by atomic mass is 35.6. The first kappa shape index (κ1) is 87.2. The molecule has 10 fully saturated rings. The van der Waals surface area contributed by atoms with E-state index in [-0.39, 0.29) is 97.8 Å². The Hall–Kier alpha value is -6.23. The normalized spacial score (nSPS) is 27.2. The highest BCUT2D eigenvalue weighted by molar-refractivity contribution is 6.68. The van der Waals surface area contributed by atoms with Gasteiger partial charge in [0.05, 0.1) is 27.3 Å². The quantitative estimate of drug-likeness (QED) is 0.0874. The number of carbonyl (C=O) groups is 10. The number of fused-ring (bicyclic) bond motifs is 4. The summed E-state index contributed by atoms with van der Waals surface area (Å²) in [4.78, 5) is 140. The van der Waals surface area contributed by atoms with Crippen LogP contribution in [0.15, 0.2) is 72.9 Å². The summed E-state index contributed by atoms with van der Waals surface area (Å²) >= 11 is 34.3. The lowest BCUT2D eigenvalue weighted by atomic mass is 9.95.